The van der Waals surface area contributed by atoms with Crippen LogP contribution in [-0.4, -0.2) is 46.3 Å². The Morgan fingerprint density at radius 3 is 0.250 bits per heavy atom. The van der Waals surface area contributed by atoms with E-state index in [2.05, 4.69) is 0 Å². The summed E-state index contributed by atoms with van der Waals surface area (Å²) in [5.41, 5.74) is 8.09. The summed E-state index contributed by atoms with van der Waals surface area (Å²) in [7, 11) is 0. The van der Waals surface area contributed by atoms with E-state index in [0.717, 1.165) is 0 Å². The standard InChI is InChI=1S/4C14H8O2/c4*15-13-9-5-1-2-6-10(9)14(16)12-8-4-3-7-11(12)13/h4*1-8H. The maximum absolute atomic E-state index is 12.1. The average Bonchev–Trinajstić information content (AvgIpc) is 3.36. The maximum atomic E-state index is 12.1. The lowest BCUT2D eigenvalue weighted by molar-refractivity contribution is 0.0979. The lowest BCUT2D eigenvalue weighted by atomic mass is 9.84. The Morgan fingerprint density at radius 2 is 0.188 bits per heavy atom. The second-order valence-electron chi connectivity index (χ2n) is 15.0. The van der Waals surface area contributed by atoms with Crippen molar-refractivity contribution in [2.75, 3.05) is 0 Å². The molecule has 8 aromatic carbocycles. The van der Waals surface area contributed by atoms with Gasteiger partial charge in [-0.05, 0) is 0 Å². The Bertz CT molecular complexity index is 2470. The molecule has 4 aliphatic rings. The lowest BCUT2D eigenvalue weighted by Crippen LogP contribution is -2.20. The van der Waals surface area contributed by atoms with Crippen molar-refractivity contribution in [3.63, 3.8) is 0 Å². The molecule has 0 spiro atoms. The summed E-state index contributed by atoms with van der Waals surface area (Å²) in [6, 6.07) is 55.6. The van der Waals surface area contributed by atoms with Gasteiger partial charge in [0.05, 0.1) is 0 Å². The van der Waals surface area contributed by atoms with E-state index >= 15 is 0 Å². The molecule has 0 bridgehead atoms. The molecule has 0 atom stereocenters. The van der Waals surface area contributed by atoms with Crippen molar-refractivity contribution in [3.05, 3.63) is 283 Å². The molecule has 0 saturated heterocycles. The van der Waals surface area contributed by atoms with Gasteiger partial charge in [-0.1, -0.05) is 194 Å². The van der Waals surface area contributed by atoms with Crippen LogP contribution in [0.4, 0.5) is 0 Å². The van der Waals surface area contributed by atoms with Crippen LogP contribution in [0.15, 0.2) is 194 Å². The molecule has 64 heavy (non-hydrogen) atoms. The first-order valence-corrected chi connectivity index (χ1v) is 20.3. The zero-order chi connectivity index (χ0) is 44.5. The van der Waals surface area contributed by atoms with Crippen molar-refractivity contribution in [1.29, 1.82) is 0 Å². The topological polar surface area (TPSA) is 137 Å². The van der Waals surface area contributed by atoms with Crippen molar-refractivity contribution in [3.8, 4) is 0 Å². The van der Waals surface area contributed by atoms with E-state index in [0.29, 0.717) is 89.0 Å². The highest BCUT2D eigenvalue weighted by molar-refractivity contribution is 6.31. The predicted molar refractivity (Wildman–Crippen MR) is 239 cm³/mol. The van der Waals surface area contributed by atoms with Crippen LogP contribution in [0.1, 0.15) is 127 Å². The van der Waals surface area contributed by atoms with E-state index < -0.39 is 0 Å². The molecule has 0 amide bonds. The van der Waals surface area contributed by atoms with E-state index in [-0.39, 0.29) is 46.3 Å². The van der Waals surface area contributed by atoms with Crippen LogP contribution in [0.25, 0.3) is 0 Å². The molecule has 304 valence electrons. The van der Waals surface area contributed by atoms with E-state index in [1.165, 1.54) is 0 Å². The first-order chi connectivity index (χ1) is 31.2. The van der Waals surface area contributed by atoms with E-state index in [1.54, 1.807) is 194 Å². The molecule has 8 nitrogen and oxygen atoms in total. The highest BCUT2D eigenvalue weighted by atomic mass is 16.2. The SMILES string of the molecule is O=C1c2ccccc2C(=O)c2ccccc21.O=C1c2ccccc2C(=O)c2ccccc21.O=C1c2ccccc2C(=O)c2ccccc21.O=C1c2ccccc2C(=O)c2ccccc21. The molecule has 12 rings (SSSR count). The maximum Gasteiger partial charge on any atom is 0.194 e. The van der Waals surface area contributed by atoms with Crippen molar-refractivity contribution in [2.45, 2.75) is 0 Å². The van der Waals surface area contributed by atoms with E-state index in [1.807, 2.05) is 0 Å². The van der Waals surface area contributed by atoms with Gasteiger partial charge in [0.25, 0.3) is 0 Å². The molecule has 0 fully saturated rings. The van der Waals surface area contributed by atoms with Crippen LogP contribution in [-0.2, 0) is 0 Å². The van der Waals surface area contributed by atoms with Gasteiger partial charge in [-0.15, -0.1) is 0 Å². The average molecular weight is 833 g/mol. The first-order valence-electron chi connectivity index (χ1n) is 20.3. The summed E-state index contributed by atoms with van der Waals surface area (Å²) >= 11 is 0. The Hall–Kier alpha value is -8.88. The zero-order valence-corrected chi connectivity index (χ0v) is 33.7. The zero-order valence-electron chi connectivity index (χ0n) is 33.7. The fraction of sp³-hybridized carbons (Fsp3) is 0. The number of carbonyl (C=O) groups excluding carboxylic acids is 8. The fourth-order valence-electron chi connectivity index (χ4n) is 8.19. The first kappa shape index (κ1) is 40.5. The van der Waals surface area contributed by atoms with Gasteiger partial charge < -0.3 is 0 Å². The molecule has 4 aliphatic carbocycles. The van der Waals surface area contributed by atoms with Gasteiger partial charge >= 0.3 is 0 Å². The van der Waals surface area contributed by atoms with Crippen molar-refractivity contribution in [2.24, 2.45) is 0 Å². The molecule has 8 heteroatoms. The predicted octanol–water partition coefficient (Wildman–Crippen LogP) is 9.85. The molecule has 0 unspecified atom stereocenters. The fourth-order valence-corrected chi connectivity index (χ4v) is 8.19. The number of rotatable bonds is 0. The van der Waals surface area contributed by atoms with Gasteiger partial charge in [0.15, 0.2) is 46.3 Å². The molecular formula is C56H32O8. The third-order valence-corrected chi connectivity index (χ3v) is 11.3. The van der Waals surface area contributed by atoms with Gasteiger partial charge in [-0.25, -0.2) is 0 Å². The molecular weight excluding hydrogens is 801 g/mol. The molecule has 8 aromatic rings. The molecule has 0 saturated carbocycles. The Morgan fingerprint density at radius 1 is 0.125 bits per heavy atom. The second kappa shape index (κ2) is 16.9. The number of benzene rings is 8. The summed E-state index contributed by atoms with van der Waals surface area (Å²) in [5.74, 6) is -0.513. The van der Waals surface area contributed by atoms with Crippen LogP contribution in [0.2, 0.25) is 0 Å². The van der Waals surface area contributed by atoms with E-state index in [9.17, 15) is 38.4 Å². The number of ketones is 8. The van der Waals surface area contributed by atoms with Crippen LogP contribution in [0.3, 0.4) is 0 Å². The minimum atomic E-state index is -0.0641. The minimum Gasteiger partial charge on any atom is -0.289 e. The second-order valence-corrected chi connectivity index (χ2v) is 15.0. The molecule has 0 N–H and O–H groups in total. The summed E-state index contributed by atoms with van der Waals surface area (Å²) < 4.78 is 0. The minimum absolute atomic E-state index is 0.0641. The Kier molecular flexibility index (Phi) is 10.7. The number of hydrogen-bond acceptors (Lipinski definition) is 8. The van der Waals surface area contributed by atoms with Gasteiger partial charge in [-0.2, -0.15) is 0 Å². The van der Waals surface area contributed by atoms with Crippen LogP contribution >= 0.6 is 0 Å². The van der Waals surface area contributed by atoms with Crippen LogP contribution in [0, 0.1) is 0 Å². The van der Waals surface area contributed by atoms with Crippen molar-refractivity contribution < 1.29 is 38.4 Å². The lowest BCUT2D eigenvalue weighted by Gasteiger charge is -2.16. The summed E-state index contributed by atoms with van der Waals surface area (Å²) in [6.45, 7) is 0. The molecule has 0 aliphatic heterocycles. The molecule has 0 radical (unpaired) electrons. The molecule has 0 aromatic heterocycles. The Balaban J connectivity index is 0.000000108. The third-order valence-electron chi connectivity index (χ3n) is 11.3. The summed E-state index contributed by atoms with van der Waals surface area (Å²) in [4.78, 5) is 96.8. The van der Waals surface area contributed by atoms with Crippen molar-refractivity contribution >= 4 is 46.3 Å². The van der Waals surface area contributed by atoms with Gasteiger partial charge in [-0.3, -0.25) is 38.4 Å². The van der Waals surface area contributed by atoms with Crippen LogP contribution < -0.4 is 0 Å². The van der Waals surface area contributed by atoms with Gasteiger partial charge in [0, 0.05) is 89.0 Å². The van der Waals surface area contributed by atoms with Crippen molar-refractivity contribution in [1.82, 2.24) is 0 Å². The van der Waals surface area contributed by atoms with Gasteiger partial charge in [0.1, 0.15) is 0 Å². The molecule has 0 heterocycles. The summed E-state index contributed by atoms with van der Waals surface area (Å²) in [5, 5.41) is 0. The van der Waals surface area contributed by atoms with Gasteiger partial charge in [0.2, 0.25) is 0 Å². The summed E-state index contributed by atoms with van der Waals surface area (Å²) in [6.07, 6.45) is 0. The largest absolute Gasteiger partial charge is 0.289 e. The third kappa shape index (κ3) is 7.04. The van der Waals surface area contributed by atoms with Crippen LogP contribution in [0.5, 0.6) is 0 Å². The smallest absolute Gasteiger partial charge is 0.194 e. The Labute approximate surface area is 366 Å². The monoisotopic (exact) mass is 832 g/mol. The quantitative estimate of drug-likeness (QED) is 0.147. The van der Waals surface area contributed by atoms with E-state index in [4.69, 9.17) is 0 Å². The number of fused-ring (bicyclic) bond motifs is 8. The number of hydrogen-bond donors (Lipinski definition) is 0. The number of carbonyl (C=O) groups is 8. The normalized spacial score (nSPS) is 13.2. The highest BCUT2D eigenvalue weighted by Crippen LogP contribution is 2.30. The highest BCUT2D eigenvalue weighted by Gasteiger charge is 2.31.